The van der Waals surface area contributed by atoms with Crippen LogP contribution in [0.25, 0.3) is 0 Å². The van der Waals surface area contributed by atoms with Gasteiger partial charge < -0.3 is 9.64 Å². The molecule has 0 unspecified atom stereocenters. The van der Waals surface area contributed by atoms with E-state index in [1.165, 1.54) is 16.7 Å². The predicted octanol–water partition coefficient (Wildman–Crippen LogP) is 3.35. The molecule has 3 fully saturated rings. The van der Waals surface area contributed by atoms with E-state index < -0.39 is 0 Å². The molecule has 1 aromatic carbocycles. The number of hydrogen-bond acceptors (Lipinski definition) is 3. The van der Waals surface area contributed by atoms with Crippen molar-refractivity contribution in [2.45, 2.75) is 57.9 Å². The summed E-state index contributed by atoms with van der Waals surface area (Å²) in [6.45, 7) is 4.82. The summed E-state index contributed by atoms with van der Waals surface area (Å²) in [4.78, 5) is 26.0. The smallest absolute Gasteiger partial charge is 0.306 e. The third-order valence-corrected chi connectivity index (χ3v) is 6.64. The highest BCUT2D eigenvalue weighted by Gasteiger charge is 2.53. The van der Waals surface area contributed by atoms with E-state index in [1.54, 1.807) is 0 Å². The largest absolute Gasteiger partial charge is 0.465 e. The van der Waals surface area contributed by atoms with Crippen molar-refractivity contribution < 1.29 is 14.3 Å². The lowest BCUT2D eigenvalue weighted by Crippen LogP contribution is -2.52. The molecule has 0 bridgehead atoms. The van der Waals surface area contributed by atoms with Gasteiger partial charge in [0, 0.05) is 24.4 Å². The standard InChI is InChI=1S/C21H27NO3/c1-13-4-5-18(14(2)6-13)15-7-17(8-15)22(3)20(24)16-9-21(10-16)11-19(23)25-12-21/h4-6,15-17H,7-12H2,1-3H3. The molecule has 0 atom stereocenters. The molecule has 0 radical (unpaired) electrons. The molecule has 3 aliphatic rings. The molecular formula is C21H27NO3. The van der Waals surface area contributed by atoms with Crippen molar-refractivity contribution in [2.75, 3.05) is 13.7 Å². The summed E-state index contributed by atoms with van der Waals surface area (Å²) < 4.78 is 5.10. The van der Waals surface area contributed by atoms with Gasteiger partial charge in [0.25, 0.3) is 0 Å². The number of aryl methyl sites for hydroxylation is 2. The van der Waals surface area contributed by atoms with E-state index in [0.717, 1.165) is 25.7 Å². The Morgan fingerprint density at radius 2 is 1.96 bits per heavy atom. The number of ether oxygens (including phenoxy) is 1. The molecule has 25 heavy (non-hydrogen) atoms. The Balaban J connectivity index is 1.31. The van der Waals surface area contributed by atoms with Gasteiger partial charge in [0.15, 0.2) is 0 Å². The molecule has 4 rings (SSSR count). The van der Waals surface area contributed by atoms with Crippen LogP contribution in [0.2, 0.25) is 0 Å². The Morgan fingerprint density at radius 1 is 1.24 bits per heavy atom. The summed E-state index contributed by atoms with van der Waals surface area (Å²) in [5.41, 5.74) is 4.08. The Kier molecular flexibility index (Phi) is 3.89. The lowest BCUT2D eigenvalue weighted by atomic mass is 9.61. The molecule has 1 heterocycles. The minimum absolute atomic E-state index is 0.0284. The average Bonchev–Trinajstić information content (AvgIpc) is 2.88. The van der Waals surface area contributed by atoms with Crippen molar-refractivity contribution in [3.63, 3.8) is 0 Å². The summed E-state index contributed by atoms with van der Waals surface area (Å²) >= 11 is 0. The minimum atomic E-state index is -0.102. The molecule has 4 heteroatoms. The third-order valence-electron chi connectivity index (χ3n) is 6.64. The highest BCUT2D eigenvalue weighted by molar-refractivity contribution is 5.81. The maximum atomic E-state index is 12.7. The van der Waals surface area contributed by atoms with Crippen LogP contribution in [-0.4, -0.2) is 36.5 Å². The molecule has 1 amide bonds. The molecule has 1 aromatic rings. The fourth-order valence-corrected chi connectivity index (χ4v) is 4.97. The van der Waals surface area contributed by atoms with E-state index in [-0.39, 0.29) is 23.2 Å². The zero-order valence-electron chi connectivity index (χ0n) is 15.4. The minimum Gasteiger partial charge on any atom is -0.465 e. The molecule has 0 N–H and O–H groups in total. The van der Waals surface area contributed by atoms with Crippen LogP contribution >= 0.6 is 0 Å². The first kappa shape index (κ1) is 16.6. The summed E-state index contributed by atoms with van der Waals surface area (Å²) in [6.07, 6.45) is 4.25. The van der Waals surface area contributed by atoms with Crippen molar-refractivity contribution in [2.24, 2.45) is 11.3 Å². The first-order valence-corrected chi connectivity index (χ1v) is 9.36. The van der Waals surface area contributed by atoms with E-state index in [0.29, 0.717) is 25.0 Å². The second-order valence-corrected chi connectivity index (χ2v) is 8.57. The van der Waals surface area contributed by atoms with E-state index >= 15 is 0 Å². The van der Waals surface area contributed by atoms with E-state index in [9.17, 15) is 9.59 Å². The first-order chi connectivity index (χ1) is 11.9. The second-order valence-electron chi connectivity index (χ2n) is 8.57. The first-order valence-electron chi connectivity index (χ1n) is 9.36. The molecule has 2 saturated carbocycles. The zero-order chi connectivity index (χ0) is 17.8. The lowest BCUT2D eigenvalue weighted by molar-refractivity contribution is -0.146. The highest BCUT2D eigenvalue weighted by Crippen LogP contribution is 2.52. The van der Waals surface area contributed by atoms with Crippen LogP contribution in [0.3, 0.4) is 0 Å². The fraction of sp³-hybridized carbons (Fsp3) is 0.619. The summed E-state index contributed by atoms with van der Waals surface area (Å²) in [6, 6.07) is 7.04. The van der Waals surface area contributed by atoms with Crippen molar-refractivity contribution in [1.82, 2.24) is 4.90 Å². The second kappa shape index (κ2) is 5.86. The van der Waals surface area contributed by atoms with Crippen LogP contribution in [-0.2, 0) is 14.3 Å². The predicted molar refractivity (Wildman–Crippen MR) is 95.2 cm³/mol. The van der Waals surface area contributed by atoms with Gasteiger partial charge in [-0.25, -0.2) is 0 Å². The summed E-state index contributed by atoms with van der Waals surface area (Å²) in [5, 5.41) is 0. The van der Waals surface area contributed by atoms with Crippen LogP contribution in [0.1, 0.15) is 54.7 Å². The van der Waals surface area contributed by atoms with E-state index in [2.05, 4.69) is 32.0 Å². The number of rotatable bonds is 3. The van der Waals surface area contributed by atoms with E-state index in [1.807, 2.05) is 11.9 Å². The lowest BCUT2D eigenvalue weighted by Gasteiger charge is -2.47. The number of esters is 1. The maximum Gasteiger partial charge on any atom is 0.306 e. The normalized spacial score (nSPS) is 33.6. The van der Waals surface area contributed by atoms with Crippen molar-refractivity contribution in [1.29, 1.82) is 0 Å². The van der Waals surface area contributed by atoms with Gasteiger partial charge in [-0.2, -0.15) is 0 Å². The van der Waals surface area contributed by atoms with Crippen molar-refractivity contribution in [3.8, 4) is 0 Å². The molecular weight excluding hydrogens is 314 g/mol. The van der Waals surface area contributed by atoms with E-state index in [4.69, 9.17) is 4.74 Å². The average molecular weight is 341 g/mol. The van der Waals surface area contributed by atoms with Gasteiger partial charge in [0.05, 0.1) is 13.0 Å². The Morgan fingerprint density at radius 3 is 2.56 bits per heavy atom. The number of hydrogen-bond donors (Lipinski definition) is 0. The zero-order valence-corrected chi connectivity index (χ0v) is 15.4. The molecule has 134 valence electrons. The Hall–Kier alpha value is -1.84. The molecule has 1 aliphatic heterocycles. The molecule has 0 aromatic heterocycles. The monoisotopic (exact) mass is 341 g/mol. The summed E-state index contributed by atoms with van der Waals surface area (Å²) in [5.74, 6) is 0.817. The van der Waals surface area contributed by atoms with Crippen LogP contribution in [0.4, 0.5) is 0 Å². The van der Waals surface area contributed by atoms with Crippen molar-refractivity contribution >= 4 is 11.9 Å². The maximum absolute atomic E-state index is 12.7. The molecule has 1 saturated heterocycles. The van der Waals surface area contributed by atoms with Gasteiger partial charge >= 0.3 is 5.97 Å². The number of nitrogens with zero attached hydrogens (tertiary/aromatic N) is 1. The highest BCUT2D eigenvalue weighted by atomic mass is 16.5. The number of cyclic esters (lactones) is 1. The quantitative estimate of drug-likeness (QED) is 0.792. The van der Waals surface area contributed by atoms with Gasteiger partial charge in [-0.3, -0.25) is 9.59 Å². The topological polar surface area (TPSA) is 46.6 Å². The number of carbonyl (C=O) groups is 2. The Labute approximate surface area is 149 Å². The third kappa shape index (κ3) is 2.86. The number of carbonyl (C=O) groups excluding carboxylic acids is 2. The number of amides is 1. The van der Waals surface area contributed by atoms with Gasteiger partial charge in [-0.15, -0.1) is 0 Å². The number of benzene rings is 1. The van der Waals surface area contributed by atoms with Crippen molar-refractivity contribution in [3.05, 3.63) is 34.9 Å². The molecule has 1 spiro atoms. The Bertz CT molecular complexity index is 714. The fourth-order valence-electron chi connectivity index (χ4n) is 4.97. The van der Waals surface area contributed by atoms with Gasteiger partial charge in [-0.1, -0.05) is 23.8 Å². The van der Waals surface area contributed by atoms with Gasteiger partial charge in [-0.05, 0) is 56.6 Å². The summed E-state index contributed by atoms with van der Waals surface area (Å²) in [7, 11) is 1.95. The molecule has 4 nitrogen and oxygen atoms in total. The van der Waals surface area contributed by atoms with Crippen LogP contribution < -0.4 is 0 Å². The van der Waals surface area contributed by atoms with Crippen LogP contribution in [0.5, 0.6) is 0 Å². The van der Waals surface area contributed by atoms with Gasteiger partial charge in [0.1, 0.15) is 0 Å². The van der Waals surface area contributed by atoms with Gasteiger partial charge in [0.2, 0.25) is 5.91 Å². The van der Waals surface area contributed by atoms with Crippen LogP contribution in [0, 0.1) is 25.2 Å². The molecule has 2 aliphatic carbocycles. The SMILES string of the molecule is Cc1ccc(C2CC(N(C)C(=O)C3CC4(COC(=O)C4)C3)C2)c(C)c1. The van der Waals surface area contributed by atoms with Crippen LogP contribution in [0.15, 0.2) is 18.2 Å².